The van der Waals surface area contributed by atoms with Crippen LogP contribution in [0.2, 0.25) is 0 Å². The summed E-state index contributed by atoms with van der Waals surface area (Å²) in [4.78, 5) is 16.0. The van der Waals surface area contributed by atoms with Crippen LogP contribution in [0, 0.1) is 0 Å². The van der Waals surface area contributed by atoms with Gasteiger partial charge in [-0.05, 0) is 63.0 Å². The average molecular weight is 623 g/mol. The zero-order valence-corrected chi connectivity index (χ0v) is 20.2. The second-order valence-electron chi connectivity index (χ2n) is 5.68. The molecule has 140 valence electrons. The molecule has 3 rings (SSSR count). The van der Waals surface area contributed by atoms with E-state index in [2.05, 4.69) is 74.1 Å². The van der Waals surface area contributed by atoms with E-state index in [1.807, 2.05) is 36.4 Å². The highest BCUT2D eigenvalue weighted by Gasteiger charge is 2.23. The van der Waals surface area contributed by atoms with E-state index < -0.39 is 12.0 Å². The van der Waals surface area contributed by atoms with Crippen LogP contribution in [-0.4, -0.2) is 26.8 Å². The maximum Gasteiger partial charge on any atom is 0.327 e. The van der Waals surface area contributed by atoms with Gasteiger partial charge in [0.05, 0.1) is 11.9 Å². The molecule has 0 spiro atoms. The Balaban J connectivity index is 2.27. The number of aliphatic carboxylic acids is 1. The SMILES string of the molecule is CC(Nn1c(-c2c(Br)cccc2Br)cnc1-c1c(Br)cccc1Br)C(=O)O. The van der Waals surface area contributed by atoms with Gasteiger partial charge in [0.15, 0.2) is 5.82 Å². The summed E-state index contributed by atoms with van der Waals surface area (Å²) in [5, 5.41) is 9.39. The van der Waals surface area contributed by atoms with Crippen molar-refractivity contribution in [2.75, 3.05) is 5.43 Å². The second-order valence-corrected chi connectivity index (χ2v) is 9.10. The number of hydrogen-bond acceptors (Lipinski definition) is 3. The van der Waals surface area contributed by atoms with Gasteiger partial charge in [0.1, 0.15) is 6.04 Å². The molecule has 0 aliphatic rings. The highest BCUT2D eigenvalue weighted by atomic mass is 79.9. The number of rotatable bonds is 5. The minimum Gasteiger partial charge on any atom is -0.480 e. The summed E-state index contributed by atoms with van der Waals surface area (Å²) in [5.41, 5.74) is 5.44. The molecular formula is C18H13Br4N3O2. The lowest BCUT2D eigenvalue weighted by atomic mass is 10.1. The fraction of sp³-hybridized carbons (Fsp3) is 0.111. The quantitative estimate of drug-likeness (QED) is 0.351. The Kier molecular flexibility index (Phi) is 6.45. The van der Waals surface area contributed by atoms with Crippen LogP contribution in [0.25, 0.3) is 22.6 Å². The smallest absolute Gasteiger partial charge is 0.327 e. The minimum absolute atomic E-state index is 0.583. The van der Waals surface area contributed by atoms with Gasteiger partial charge in [0.2, 0.25) is 0 Å². The van der Waals surface area contributed by atoms with Gasteiger partial charge in [-0.2, -0.15) is 0 Å². The van der Waals surface area contributed by atoms with Gasteiger partial charge in [-0.15, -0.1) is 0 Å². The first-order chi connectivity index (χ1) is 12.8. The number of aromatic nitrogens is 2. The van der Waals surface area contributed by atoms with Gasteiger partial charge >= 0.3 is 5.97 Å². The Morgan fingerprint density at radius 1 is 1.00 bits per heavy atom. The maximum atomic E-state index is 11.5. The van der Waals surface area contributed by atoms with Crippen molar-refractivity contribution in [3.63, 3.8) is 0 Å². The Bertz CT molecular complexity index is 910. The molecule has 0 aliphatic carbocycles. The summed E-state index contributed by atoms with van der Waals surface area (Å²) in [6, 6.07) is 10.7. The summed E-state index contributed by atoms with van der Waals surface area (Å²) < 4.78 is 5.10. The second kappa shape index (κ2) is 8.46. The topological polar surface area (TPSA) is 67.2 Å². The van der Waals surface area contributed by atoms with E-state index in [0.717, 1.165) is 34.7 Å². The molecule has 0 amide bonds. The molecule has 27 heavy (non-hydrogen) atoms. The molecule has 0 saturated carbocycles. The molecule has 2 aromatic carbocycles. The van der Waals surface area contributed by atoms with Crippen molar-refractivity contribution in [3.05, 3.63) is 60.5 Å². The summed E-state index contributed by atoms with van der Waals surface area (Å²) in [7, 11) is 0. The van der Waals surface area contributed by atoms with Gasteiger partial charge in [-0.25, -0.2) is 14.5 Å². The molecule has 1 aromatic heterocycles. The molecule has 1 heterocycles. The lowest BCUT2D eigenvalue weighted by molar-refractivity contribution is -0.137. The molecular weight excluding hydrogens is 610 g/mol. The molecule has 2 N–H and O–H groups in total. The summed E-state index contributed by atoms with van der Waals surface area (Å²) in [6.45, 7) is 1.58. The number of carbonyl (C=O) groups is 1. The zero-order chi connectivity index (χ0) is 19.7. The van der Waals surface area contributed by atoms with Crippen molar-refractivity contribution >= 4 is 69.7 Å². The molecule has 5 nitrogen and oxygen atoms in total. The van der Waals surface area contributed by atoms with Gasteiger partial charge in [0, 0.05) is 29.0 Å². The van der Waals surface area contributed by atoms with Crippen LogP contribution in [0.4, 0.5) is 0 Å². The first kappa shape index (κ1) is 20.6. The number of halogens is 4. The van der Waals surface area contributed by atoms with Crippen molar-refractivity contribution in [2.45, 2.75) is 13.0 Å². The highest BCUT2D eigenvalue weighted by Crippen LogP contribution is 2.39. The molecule has 1 unspecified atom stereocenters. The molecule has 0 aliphatic heterocycles. The van der Waals surface area contributed by atoms with E-state index in [9.17, 15) is 9.90 Å². The normalized spacial score (nSPS) is 12.0. The van der Waals surface area contributed by atoms with Crippen LogP contribution in [0.5, 0.6) is 0 Å². The Hall–Kier alpha value is -1.16. The third-order valence-electron chi connectivity index (χ3n) is 3.86. The molecule has 1 atom stereocenters. The van der Waals surface area contributed by atoms with Crippen molar-refractivity contribution in [3.8, 4) is 22.6 Å². The highest BCUT2D eigenvalue weighted by molar-refractivity contribution is 9.11. The molecule has 9 heteroatoms. The lowest BCUT2D eigenvalue weighted by Gasteiger charge is -2.19. The van der Waals surface area contributed by atoms with E-state index in [1.54, 1.807) is 17.8 Å². The van der Waals surface area contributed by atoms with E-state index in [4.69, 9.17) is 0 Å². The van der Waals surface area contributed by atoms with Gasteiger partial charge in [-0.1, -0.05) is 44.0 Å². The maximum absolute atomic E-state index is 11.5. The fourth-order valence-corrected chi connectivity index (χ4v) is 5.30. The Morgan fingerprint density at radius 3 is 1.96 bits per heavy atom. The number of hydrogen-bond donors (Lipinski definition) is 2. The van der Waals surface area contributed by atoms with Crippen molar-refractivity contribution in [1.29, 1.82) is 0 Å². The fourth-order valence-electron chi connectivity index (χ4n) is 2.54. The third-order valence-corrected chi connectivity index (χ3v) is 6.50. The van der Waals surface area contributed by atoms with Crippen LogP contribution >= 0.6 is 63.7 Å². The zero-order valence-electron chi connectivity index (χ0n) is 13.9. The monoisotopic (exact) mass is 619 g/mol. The number of nitrogens with one attached hydrogen (secondary N) is 1. The van der Waals surface area contributed by atoms with Crippen molar-refractivity contribution in [2.24, 2.45) is 0 Å². The Morgan fingerprint density at radius 2 is 1.48 bits per heavy atom. The standard InChI is InChI=1S/C18H13Br4N3O2/c1-9(18(26)27)24-25-14(15-10(19)4-2-5-11(15)20)8-23-17(25)16-12(21)6-3-7-13(16)22/h2-9,24H,1H3,(H,26,27). The summed E-state index contributed by atoms with van der Waals surface area (Å²) in [5.74, 6) is -0.377. The number of benzene rings is 2. The largest absolute Gasteiger partial charge is 0.480 e. The average Bonchev–Trinajstić information content (AvgIpc) is 2.98. The molecule has 0 saturated heterocycles. The van der Waals surface area contributed by atoms with Crippen molar-refractivity contribution in [1.82, 2.24) is 9.66 Å². The number of nitrogens with zero attached hydrogens (tertiary/aromatic N) is 2. The van der Waals surface area contributed by atoms with Crippen LogP contribution in [-0.2, 0) is 4.79 Å². The van der Waals surface area contributed by atoms with Gasteiger partial charge < -0.3 is 10.5 Å². The predicted octanol–water partition coefficient (Wildman–Crippen LogP) is 6.28. The number of imidazole rings is 1. The van der Waals surface area contributed by atoms with Crippen molar-refractivity contribution < 1.29 is 9.90 Å². The molecule has 3 aromatic rings. The first-order valence-electron chi connectivity index (χ1n) is 7.77. The van der Waals surface area contributed by atoms with Crippen LogP contribution in [0.1, 0.15) is 6.92 Å². The van der Waals surface area contributed by atoms with E-state index in [0.29, 0.717) is 5.82 Å². The van der Waals surface area contributed by atoms with E-state index >= 15 is 0 Å². The molecule has 0 bridgehead atoms. The van der Waals surface area contributed by atoms with E-state index in [-0.39, 0.29) is 0 Å². The Labute approximate surface area is 189 Å². The first-order valence-corrected chi connectivity index (χ1v) is 10.9. The van der Waals surface area contributed by atoms with Crippen LogP contribution < -0.4 is 5.43 Å². The predicted molar refractivity (Wildman–Crippen MR) is 120 cm³/mol. The van der Waals surface area contributed by atoms with E-state index in [1.165, 1.54) is 0 Å². The van der Waals surface area contributed by atoms with Gasteiger partial charge in [0.25, 0.3) is 0 Å². The molecule has 0 radical (unpaired) electrons. The van der Waals surface area contributed by atoms with Gasteiger partial charge in [-0.3, -0.25) is 0 Å². The minimum atomic E-state index is -0.960. The number of carboxylic acid groups (broad SMARTS) is 1. The lowest BCUT2D eigenvalue weighted by Crippen LogP contribution is -2.33. The molecule has 0 fully saturated rings. The van der Waals surface area contributed by atoms with Crippen LogP contribution in [0.3, 0.4) is 0 Å². The summed E-state index contributed by atoms with van der Waals surface area (Å²) in [6.07, 6.45) is 1.72. The third kappa shape index (κ3) is 4.16. The van der Waals surface area contributed by atoms with Crippen LogP contribution in [0.15, 0.2) is 60.5 Å². The number of carboxylic acids is 1. The summed E-state index contributed by atoms with van der Waals surface area (Å²) >= 11 is 14.3.